The van der Waals surface area contributed by atoms with Crippen molar-refractivity contribution in [1.29, 1.82) is 0 Å². The molecule has 0 atom stereocenters. The minimum atomic E-state index is -4.02. The van der Waals surface area contributed by atoms with Gasteiger partial charge in [0.15, 0.2) is 23.0 Å². The molecule has 1 N–H and O–H groups in total. The van der Waals surface area contributed by atoms with Crippen LogP contribution in [-0.4, -0.2) is 28.9 Å². The van der Waals surface area contributed by atoms with Crippen LogP contribution in [0.1, 0.15) is 5.56 Å². The lowest BCUT2D eigenvalue weighted by Gasteiger charge is -2.14. The van der Waals surface area contributed by atoms with Crippen molar-refractivity contribution >= 4 is 15.7 Å². The molecule has 0 aromatic heterocycles. The third-order valence-electron chi connectivity index (χ3n) is 3.62. The van der Waals surface area contributed by atoms with Crippen molar-refractivity contribution in [1.82, 2.24) is 0 Å². The average molecular weight is 387 g/mol. The van der Waals surface area contributed by atoms with Crippen molar-refractivity contribution in [3.05, 3.63) is 35.9 Å². The molecule has 140 valence electrons. The lowest BCUT2D eigenvalue weighted by molar-refractivity contribution is -0.286. The van der Waals surface area contributed by atoms with Gasteiger partial charge in [0.1, 0.15) is 0 Å². The molecule has 0 saturated carbocycles. The number of benzene rings is 2. The van der Waals surface area contributed by atoms with Crippen LogP contribution in [0.3, 0.4) is 0 Å². The Balaban J connectivity index is 1.94. The third-order valence-corrected chi connectivity index (χ3v) is 5.15. The largest absolute Gasteiger partial charge is 0.586 e. The molecule has 1 aliphatic heterocycles. The van der Waals surface area contributed by atoms with Crippen LogP contribution < -0.4 is 23.7 Å². The normalized spacial score (nSPS) is 14.8. The molecule has 7 nitrogen and oxygen atoms in total. The van der Waals surface area contributed by atoms with E-state index >= 15 is 0 Å². The molecule has 0 bridgehead atoms. The highest BCUT2D eigenvalue weighted by Crippen LogP contribution is 2.42. The molecule has 0 saturated heterocycles. The molecule has 0 spiro atoms. The lowest BCUT2D eigenvalue weighted by atomic mass is 10.2. The van der Waals surface area contributed by atoms with Gasteiger partial charge < -0.3 is 18.9 Å². The first-order chi connectivity index (χ1) is 12.1. The second kappa shape index (κ2) is 6.20. The van der Waals surface area contributed by atoms with Crippen molar-refractivity contribution in [3.8, 4) is 23.0 Å². The molecule has 2 aromatic carbocycles. The van der Waals surface area contributed by atoms with Gasteiger partial charge in [0, 0.05) is 12.1 Å². The lowest BCUT2D eigenvalue weighted by Crippen LogP contribution is -2.25. The predicted octanol–water partition coefficient (Wildman–Crippen LogP) is 3.13. The minimum absolute atomic E-state index is 0.0410. The van der Waals surface area contributed by atoms with Crippen LogP contribution in [0.2, 0.25) is 0 Å². The average Bonchev–Trinajstić information content (AvgIpc) is 2.86. The van der Waals surface area contributed by atoms with E-state index in [4.69, 9.17) is 9.47 Å². The maximum Gasteiger partial charge on any atom is 0.586 e. The van der Waals surface area contributed by atoms with Gasteiger partial charge in [-0.1, -0.05) is 0 Å². The molecule has 0 fully saturated rings. The topological polar surface area (TPSA) is 83.1 Å². The first kappa shape index (κ1) is 18.1. The number of sulfonamides is 1. The van der Waals surface area contributed by atoms with Gasteiger partial charge in [0.05, 0.1) is 24.8 Å². The van der Waals surface area contributed by atoms with Gasteiger partial charge in [-0.15, -0.1) is 8.78 Å². The number of methoxy groups -OCH3 is 2. The number of anilines is 1. The molecule has 26 heavy (non-hydrogen) atoms. The van der Waals surface area contributed by atoms with Gasteiger partial charge >= 0.3 is 6.29 Å². The summed E-state index contributed by atoms with van der Waals surface area (Å²) in [5.74, 6) is 0.178. The summed E-state index contributed by atoms with van der Waals surface area (Å²) in [6.45, 7) is 1.59. The van der Waals surface area contributed by atoms with Gasteiger partial charge in [-0.05, 0) is 30.7 Å². The number of hydrogen-bond donors (Lipinski definition) is 1. The van der Waals surface area contributed by atoms with E-state index in [-0.39, 0.29) is 27.8 Å². The number of aryl methyl sites for hydroxylation is 1. The number of fused-ring (bicyclic) bond motifs is 1. The van der Waals surface area contributed by atoms with E-state index in [9.17, 15) is 17.2 Å². The number of ether oxygens (including phenoxy) is 4. The second-order valence-electron chi connectivity index (χ2n) is 5.41. The first-order valence-electron chi connectivity index (χ1n) is 7.30. The highest BCUT2D eigenvalue weighted by Gasteiger charge is 2.43. The van der Waals surface area contributed by atoms with Crippen LogP contribution in [-0.2, 0) is 10.0 Å². The Morgan fingerprint density at radius 3 is 2.27 bits per heavy atom. The molecule has 10 heteroatoms. The fraction of sp³-hybridized carbons (Fsp3) is 0.250. The monoisotopic (exact) mass is 387 g/mol. The molecular weight excluding hydrogens is 372 g/mol. The van der Waals surface area contributed by atoms with Gasteiger partial charge in [0.25, 0.3) is 10.0 Å². The van der Waals surface area contributed by atoms with Crippen molar-refractivity contribution in [2.24, 2.45) is 0 Å². The smallest absolute Gasteiger partial charge is 0.493 e. The molecule has 1 heterocycles. The van der Waals surface area contributed by atoms with E-state index < -0.39 is 16.3 Å². The summed E-state index contributed by atoms with van der Waals surface area (Å²) in [6.07, 6.45) is -3.78. The van der Waals surface area contributed by atoms with Crippen LogP contribution in [0.25, 0.3) is 0 Å². The Hall–Kier alpha value is -2.75. The maximum atomic E-state index is 13.1. The summed E-state index contributed by atoms with van der Waals surface area (Å²) in [5.41, 5.74) is 0.460. The van der Waals surface area contributed by atoms with Gasteiger partial charge in [-0.3, -0.25) is 4.72 Å². The number of halogens is 2. The van der Waals surface area contributed by atoms with Crippen LogP contribution in [0.15, 0.2) is 35.2 Å². The maximum absolute atomic E-state index is 13.1. The van der Waals surface area contributed by atoms with Gasteiger partial charge in [0.2, 0.25) is 0 Å². The zero-order chi connectivity index (χ0) is 19.1. The Bertz CT molecular complexity index is 961. The van der Waals surface area contributed by atoms with E-state index in [1.807, 2.05) is 0 Å². The van der Waals surface area contributed by atoms with Crippen LogP contribution >= 0.6 is 0 Å². The zero-order valence-electron chi connectivity index (χ0n) is 14.0. The summed E-state index contributed by atoms with van der Waals surface area (Å²) in [4.78, 5) is -0.0434. The molecule has 3 rings (SSSR count). The Labute approximate surface area is 148 Å². The highest BCUT2D eigenvalue weighted by atomic mass is 32.2. The summed E-state index contributed by atoms with van der Waals surface area (Å²) in [7, 11) is -1.20. The highest BCUT2D eigenvalue weighted by molar-refractivity contribution is 7.92. The van der Waals surface area contributed by atoms with E-state index in [1.54, 1.807) is 6.92 Å². The number of alkyl halides is 2. The van der Waals surface area contributed by atoms with Crippen molar-refractivity contribution < 1.29 is 36.1 Å². The standard InChI is InChI=1S/C16H15F2NO6S/c1-9-6-12(22-2)13(23-3)8-15(9)26(20,21)19-10-4-5-11-14(7-10)25-16(17,18)24-11/h4-8,19H,1-3H3. The summed E-state index contributed by atoms with van der Waals surface area (Å²) < 4.78 is 72.7. The van der Waals surface area contributed by atoms with E-state index in [2.05, 4.69) is 14.2 Å². The number of rotatable bonds is 5. The third kappa shape index (κ3) is 3.32. The Morgan fingerprint density at radius 1 is 1.00 bits per heavy atom. The molecule has 0 aliphatic carbocycles. The number of hydrogen-bond acceptors (Lipinski definition) is 6. The minimum Gasteiger partial charge on any atom is -0.493 e. The van der Waals surface area contributed by atoms with E-state index in [0.717, 1.165) is 6.07 Å². The van der Waals surface area contributed by atoms with E-state index in [1.165, 1.54) is 38.5 Å². The summed E-state index contributed by atoms with van der Waals surface area (Å²) in [6, 6.07) is 6.43. The SMILES string of the molecule is COc1cc(C)c(S(=O)(=O)Nc2ccc3c(c2)OC(F)(F)O3)cc1OC. The van der Waals surface area contributed by atoms with Gasteiger partial charge in [-0.25, -0.2) is 8.42 Å². The molecule has 0 unspecified atom stereocenters. The van der Waals surface area contributed by atoms with Crippen molar-refractivity contribution in [2.45, 2.75) is 18.1 Å². The Kier molecular flexibility index (Phi) is 4.31. The quantitative estimate of drug-likeness (QED) is 0.849. The van der Waals surface area contributed by atoms with Gasteiger partial charge in [-0.2, -0.15) is 0 Å². The molecule has 0 radical (unpaired) electrons. The van der Waals surface area contributed by atoms with Crippen molar-refractivity contribution in [2.75, 3.05) is 18.9 Å². The first-order valence-corrected chi connectivity index (χ1v) is 8.79. The van der Waals surface area contributed by atoms with Crippen LogP contribution in [0, 0.1) is 6.92 Å². The second-order valence-corrected chi connectivity index (χ2v) is 7.06. The fourth-order valence-electron chi connectivity index (χ4n) is 2.47. The zero-order valence-corrected chi connectivity index (χ0v) is 14.8. The predicted molar refractivity (Wildman–Crippen MR) is 87.7 cm³/mol. The summed E-state index contributed by atoms with van der Waals surface area (Å²) >= 11 is 0. The molecule has 2 aromatic rings. The summed E-state index contributed by atoms with van der Waals surface area (Å²) in [5, 5.41) is 0. The van der Waals surface area contributed by atoms with Crippen molar-refractivity contribution in [3.63, 3.8) is 0 Å². The molecule has 1 aliphatic rings. The molecular formula is C16H15F2NO6S. The van der Waals surface area contributed by atoms with Crippen LogP contribution in [0.5, 0.6) is 23.0 Å². The number of nitrogens with one attached hydrogen (secondary N) is 1. The molecule has 0 amide bonds. The fourth-order valence-corrected chi connectivity index (χ4v) is 3.77. The van der Waals surface area contributed by atoms with Crippen LogP contribution in [0.4, 0.5) is 14.5 Å². The van der Waals surface area contributed by atoms with E-state index in [0.29, 0.717) is 11.3 Å². The Morgan fingerprint density at radius 2 is 1.62 bits per heavy atom.